The number of carbonyl (C=O) groups excluding carboxylic acids is 1. The molecular weight excluding hydrogens is 234 g/mol. The highest BCUT2D eigenvalue weighted by Gasteiger charge is 2.33. The molecule has 0 spiro atoms. The van der Waals surface area contributed by atoms with Crippen LogP contribution in [0.25, 0.3) is 0 Å². The molecule has 0 amide bonds. The Kier molecular flexibility index (Phi) is 3.31. The number of alkyl halides is 4. The van der Waals surface area contributed by atoms with Gasteiger partial charge in [0.2, 0.25) is 0 Å². The lowest BCUT2D eigenvalue weighted by molar-refractivity contribution is -0.276. The SMILES string of the molecule is O=Cc1cc(O)c(OC(F)(F)F)nc1CF. The lowest BCUT2D eigenvalue weighted by atomic mass is 10.2. The van der Waals surface area contributed by atoms with Gasteiger partial charge in [-0.3, -0.25) is 4.79 Å². The first-order chi connectivity index (χ1) is 7.37. The summed E-state index contributed by atoms with van der Waals surface area (Å²) in [6.07, 6.45) is -4.89. The molecule has 0 unspecified atom stereocenters. The fraction of sp³-hybridized carbons (Fsp3) is 0.250. The van der Waals surface area contributed by atoms with Gasteiger partial charge in [0.15, 0.2) is 12.0 Å². The first-order valence-electron chi connectivity index (χ1n) is 3.87. The van der Waals surface area contributed by atoms with E-state index in [4.69, 9.17) is 5.11 Å². The molecule has 0 aliphatic carbocycles. The van der Waals surface area contributed by atoms with E-state index in [0.717, 1.165) is 0 Å². The van der Waals surface area contributed by atoms with Gasteiger partial charge in [0, 0.05) is 5.56 Å². The maximum Gasteiger partial charge on any atom is 0.574 e. The topological polar surface area (TPSA) is 59.4 Å². The van der Waals surface area contributed by atoms with Crippen molar-refractivity contribution in [3.05, 3.63) is 17.3 Å². The molecule has 0 aliphatic rings. The van der Waals surface area contributed by atoms with Crippen molar-refractivity contribution < 1.29 is 32.2 Å². The molecule has 1 N–H and O–H groups in total. The zero-order chi connectivity index (χ0) is 12.3. The minimum Gasteiger partial charge on any atom is -0.503 e. The molecule has 1 aromatic heterocycles. The van der Waals surface area contributed by atoms with Gasteiger partial charge in [0.05, 0.1) is 5.69 Å². The van der Waals surface area contributed by atoms with E-state index in [1.54, 1.807) is 0 Å². The van der Waals surface area contributed by atoms with Crippen LogP contribution in [0.5, 0.6) is 11.6 Å². The number of halogens is 4. The second-order valence-electron chi connectivity index (χ2n) is 2.65. The summed E-state index contributed by atoms with van der Waals surface area (Å²) in [7, 11) is 0. The zero-order valence-corrected chi connectivity index (χ0v) is 7.58. The van der Waals surface area contributed by atoms with Crippen LogP contribution in [-0.2, 0) is 6.67 Å². The molecule has 0 saturated carbocycles. The first-order valence-corrected chi connectivity index (χ1v) is 3.87. The normalized spacial score (nSPS) is 11.2. The standard InChI is InChI=1S/C8H5F4NO3/c9-2-5-4(3-14)1-6(15)7(13-5)16-8(10,11)12/h1,3,15H,2H2. The number of aromatic nitrogens is 1. The van der Waals surface area contributed by atoms with Crippen molar-refractivity contribution in [2.45, 2.75) is 13.0 Å². The Labute approximate surface area is 86.5 Å². The fourth-order valence-electron chi connectivity index (χ4n) is 0.931. The minimum absolute atomic E-state index is 0.166. The molecule has 0 radical (unpaired) electrons. The van der Waals surface area contributed by atoms with Crippen LogP contribution in [0.2, 0.25) is 0 Å². The highest BCUT2D eigenvalue weighted by molar-refractivity contribution is 5.77. The summed E-state index contributed by atoms with van der Waals surface area (Å²) in [4.78, 5) is 13.4. The van der Waals surface area contributed by atoms with Crippen LogP contribution in [0, 0.1) is 0 Å². The Bertz CT molecular complexity index is 405. The van der Waals surface area contributed by atoms with Crippen molar-refractivity contribution in [2.24, 2.45) is 0 Å². The highest BCUT2D eigenvalue weighted by atomic mass is 19.4. The van der Waals surface area contributed by atoms with Gasteiger partial charge in [0.25, 0.3) is 5.88 Å². The summed E-state index contributed by atoms with van der Waals surface area (Å²) in [5.74, 6) is -2.18. The molecule has 0 fully saturated rings. The summed E-state index contributed by atoms with van der Waals surface area (Å²) in [5.41, 5.74) is -0.874. The van der Waals surface area contributed by atoms with E-state index in [2.05, 4.69) is 9.72 Å². The Morgan fingerprint density at radius 2 is 2.12 bits per heavy atom. The van der Waals surface area contributed by atoms with Gasteiger partial charge in [0.1, 0.15) is 6.67 Å². The van der Waals surface area contributed by atoms with Crippen molar-refractivity contribution in [3.63, 3.8) is 0 Å². The third-order valence-electron chi connectivity index (χ3n) is 1.55. The molecule has 1 heterocycles. The molecule has 88 valence electrons. The second-order valence-corrected chi connectivity index (χ2v) is 2.65. The molecule has 4 nitrogen and oxygen atoms in total. The first kappa shape index (κ1) is 12.2. The molecule has 0 aromatic carbocycles. The van der Waals surface area contributed by atoms with E-state index in [-0.39, 0.29) is 11.8 Å². The van der Waals surface area contributed by atoms with Crippen LogP contribution in [0.1, 0.15) is 16.1 Å². The quantitative estimate of drug-likeness (QED) is 0.647. The van der Waals surface area contributed by atoms with Crippen molar-refractivity contribution in [2.75, 3.05) is 0 Å². The molecule has 1 aromatic rings. The average molecular weight is 239 g/mol. The monoisotopic (exact) mass is 239 g/mol. The molecule has 16 heavy (non-hydrogen) atoms. The van der Waals surface area contributed by atoms with E-state index < -0.39 is 30.4 Å². The van der Waals surface area contributed by atoms with Crippen LogP contribution in [-0.4, -0.2) is 22.7 Å². The van der Waals surface area contributed by atoms with E-state index >= 15 is 0 Å². The van der Waals surface area contributed by atoms with Crippen LogP contribution in [0.3, 0.4) is 0 Å². The van der Waals surface area contributed by atoms with E-state index in [1.807, 2.05) is 0 Å². The smallest absolute Gasteiger partial charge is 0.503 e. The van der Waals surface area contributed by atoms with Gasteiger partial charge in [-0.05, 0) is 6.07 Å². The molecular formula is C8H5F4NO3. The lowest BCUT2D eigenvalue weighted by Gasteiger charge is -2.10. The predicted octanol–water partition coefficient (Wildman–Crippen LogP) is 1.97. The number of aromatic hydroxyl groups is 1. The van der Waals surface area contributed by atoms with Crippen LogP contribution >= 0.6 is 0 Å². The third kappa shape index (κ3) is 2.81. The predicted molar refractivity (Wildman–Crippen MR) is 42.8 cm³/mol. The zero-order valence-electron chi connectivity index (χ0n) is 7.58. The number of nitrogens with zero attached hydrogens (tertiary/aromatic N) is 1. The van der Waals surface area contributed by atoms with Crippen molar-refractivity contribution in [1.82, 2.24) is 4.98 Å². The summed E-state index contributed by atoms with van der Waals surface area (Å²) >= 11 is 0. The van der Waals surface area contributed by atoms with Gasteiger partial charge >= 0.3 is 6.36 Å². The number of hydrogen-bond acceptors (Lipinski definition) is 4. The van der Waals surface area contributed by atoms with E-state index in [9.17, 15) is 22.4 Å². The number of rotatable bonds is 3. The number of carbonyl (C=O) groups is 1. The molecule has 8 heteroatoms. The van der Waals surface area contributed by atoms with E-state index in [0.29, 0.717) is 6.07 Å². The van der Waals surface area contributed by atoms with Gasteiger partial charge < -0.3 is 9.84 Å². The maximum atomic E-state index is 12.3. The van der Waals surface area contributed by atoms with Gasteiger partial charge in [-0.25, -0.2) is 9.37 Å². The molecule has 1 rings (SSSR count). The average Bonchev–Trinajstić information content (AvgIpc) is 2.18. The Morgan fingerprint density at radius 3 is 2.56 bits per heavy atom. The minimum atomic E-state index is -5.05. The molecule has 0 aliphatic heterocycles. The van der Waals surface area contributed by atoms with E-state index in [1.165, 1.54) is 0 Å². The van der Waals surface area contributed by atoms with Crippen molar-refractivity contribution >= 4 is 6.29 Å². The molecule has 0 saturated heterocycles. The summed E-state index contributed by atoms with van der Waals surface area (Å²) in [6.45, 7) is -1.25. The Balaban J connectivity index is 3.16. The largest absolute Gasteiger partial charge is 0.574 e. The van der Waals surface area contributed by atoms with Gasteiger partial charge in [-0.15, -0.1) is 13.2 Å². The highest BCUT2D eigenvalue weighted by Crippen LogP contribution is 2.30. The van der Waals surface area contributed by atoms with Crippen LogP contribution in [0.15, 0.2) is 6.07 Å². The number of pyridine rings is 1. The van der Waals surface area contributed by atoms with Gasteiger partial charge in [-0.1, -0.05) is 0 Å². The lowest BCUT2D eigenvalue weighted by Crippen LogP contribution is -2.18. The molecule has 0 bridgehead atoms. The number of hydrogen-bond donors (Lipinski definition) is 1. The maximum absolute atomic E-state index is 12.3. The van der Waals surface area contributed by atoms with Gasteiger partial charge in [-0.2, -0.15) is 0 Å². The van der Waals surface area contributed by atoms with Crippen LogP contribution < -0.4 is 4.74 Å². The van der Waals surface area contributed by atoms with Crippen molar-refractivity contribution in [3.8, 4) is 11.6 Å². The fourth-order valence-corrected chi connectivity index (χ4v) is 0.931. The second kappa shape index (κ2) is 4.33. The Hall–Kier alpha value is -1.86. The van der Waals surface area contributed by atoms with Crippen LogP contribution in [0.4, 0.5) is 17.6 Å². The summed E-state index contributed by atoms with van der Waals surface area (Å²) in [6, 6.07) is 0.649. The Morgan fingerprint density at radius 1 is 1.50 bits per heavy atom. The third-order valence-corrected chi connectivity index (χ3v) is 1.55. The number of aldehydes is 1. The van der Waals surface area contributed by atoms with Crippen molar-refractivity contribution in [1.29, 1.82) is 0 Å². The molecule has 0 atom stereocenters. The summed E-state index contributed by atoms with van der Waals surface area (Å²) in [5, 5.41) is 9.04. The number of ether oxygens (including phenoxy) is 1. The summed E-state index contributed by atoms with van der Waals surface area (Å²) < 4.78 is 51.0.